The van der Waals surface area contributed by atoms with Crippen molar-refractivity contribution in [1.29, 1.82) is 0 Å². The molecule has 2 unspecified atom stereocenters. The number of ether oxygens (including phenoxy) is 1. The fraction of sp³-hybridized carbons (Fsp3) is 0.483. The third-order valence-corrected chi connectivity index (χ3v) is 8.45. The lowest BCUT2D eigenvalue weighted by Crippen LogP contribution is -2.35. The molecule has 4 heterocycles. The van der Waals surface area contributed by atoms with Crippen LogP contribution in [0.15, 0.2) is 36.8 Å². The van der Waals surface area contributed by atoms with Crippen LogP contribution in [-0.2, 0) is 4.79 Å². The Morgan fingerprint density at radius 2 is 1.95 bits per heavy atom. The molecular weight excluding hydrogens is 464 g/mol. The maximum atomic E-state index is 12.2. The van der Waals surface area contributed by atoms with E-state index in [2.05, 4.69) is 52.0 Å². The van der Waals surface area contributed by atoms with E-state index in [0.717, 1.165) is 29.9 Å². The number of hydrogen-bond donors (Lipinski definition) is 1. The number of fused-ring (bicyclic) bond motifs is 3. The van der Waals surface area contributed by atoms with Gasteiger partial charge in [-0.3, -0.25) is 9.69 Å². The summed E-state index contributed by atoms with van der Waals surface area (Å²) in [5.41, 5.74) is 6.79. The van der Waals surface area contributed by atoms with Crippen LogP contribution in [0.4, 0.5) is 0 Å². The molecule has 1 saturated heterocycles. The highest BCUT2D eigenvalue weighted by atomic mass is 16.5. The SMILES string of the molecule is COc1cc(-c2[nH]c3ccc(C4CC5CN(CC(=O)N(C)C)CC5C4)cc3c2C(C)C)cn2ncnc12. The first-order chi connectivity index (χ1) is 17.8. The van der Waals surface area contributed by atoms with Crippen molar-refractivity contribution in [3.63, 3.8) is 0 Å². The van der Waals surface area contributed by atoms with Crippen molar-refractivity contribution in [3.8, 4) is 17.0 Å². The van der Waals surface area contributed by atoms with Crippen LogP contribution in [0, 0.1) is 11.8 Å². The first-order valence-electron chi connectivity index (χ1n) is 13.3. The van der Waals surface area contributed by atoms with Gasteiger partial charge in [0, 0.05) is 49.8 Å². The Labute approximate surface area is 217 Å². The van der Waals surface area contributed by atoms with Crippen molar-refractivity contribution in [2.24, 2.45) is 11.8 Å². The third kappa shape index (κ3) is 4.17. The van der Waals surface area contributed by atoms with Gasteiger partial charge in [-0.25, -0.2) is 9.50 Å². The monoisotopic (exact) mass is 500 g/mol. The molecule has 1 aromatic carbocycles. The maximum absolute atomic E-state index is 12.2. The lowest BCUT2D eigenvalue weighted by Gasteiger charge is -2.20. The minimum Gasteiger partial charge on any atom is -0.493 e. The Morgan fingerprint density at radius 3 is 2.62 bits per heavy atom. The molecule has 1 saturated carbocycles. The lowest BCUT2D eigenvalue weighted by molar-refractivity contribution is -0.129. The number of hydrogen-bond acceptors (Lipinski definition) is 5. The predicted molar refractivity (Wildman–Crippen MR) is 145 cm³/mol. The number of likely N-dealkylation sites (tertiary alicyclic amines) is 1. The second-order valence-corrected chi connectivity index (χ2v) is 11.4. The van der Waals surface area contributed by atoms with Gasteiger partial charge in [-0.05, 0) is 65.8 Å². The van der Waals surface area contributed by atoms with E-state index in [1.54, 1.807) is 22.9 Å². The zero-order chi connectivity index (χ0) is 25.8. The summed E-state index contributed by atoms with van der Waals surface area (Å²) in [7, 11) is 5.35. The molecule has 4 aromatic rings. The highest BCUT2D eigenvalue weighted by molar-refractivity contribution is 5.92. The second kappa shape index (κ2) is 9.17. The van der Waals surface area contributed by atoms with Crippen molar-refractivity contribution in [1.82, 2.24) is 29.4 Å². The minimum atomic E-state index is 0.201. The van der Waals surface area contributed by atoms with Crippen LogP contribution in [0.1, 0.15) is 49.7 Å². The van der Waals surface area contributed by atoms with Crippen LogP contribution in [0.3, 0.4) is 0 Å². The number of amides is 1. The van der Waals surface area contributed by atoms with E-state index in [1.165, 1.54) is 29.4 Å². The molecule has 2 atom stereocenters. The summed E-state index contributed by atoms with van der Waals surface area (Å²) in [5.74, 6) is 3.21. The van der Waals surface area contributed by atoms with Crippen LogP contribution in [0.5, 0.6) is 5.75 Å². The molecule has 1 N–H and O–H groups in total. The Kier molecular flexibility index (Phi) is 5.94. The number of carbonyl (C=O) groups excluding carboxylic acids is 1. The standard InChI is InChI=1S/C29H36N6O2/c1-17(2)27-23-10-18(19-8-20-12-34(13-21(20)9-19)15-26(36)33(3)4)6-7-24(23)32-28(27)22-11-25(37-5)29-30-16-31-35(29)14-22/h6-7,10-11,14,16-17,19-21,32H,8-9,12-13,15H2,1-5H3. The smallest absolute Gasteiger partial charge is 0.236 e. The first-order valence-corrected chi connectivity index (χ1v) is 13.3. The molecule has 0 bridgehead atoms. The number of nitrogens with zero attached hydrogens (tertiary/aromatic N) is 5. The summed E-state index contributed by atoms with van der Waals surface area (Å²) >= 11 is 0. The highest BCUT2D eigenvalue weighted by Gasteiger charge is 2.41. The molecule has 0 spiro atoms. The van der Waals surface area contributed by atoms with Crippen LogP contribution < -0.4 is 4.74 Å². The molecule has 8 heteroatoms. The summed E-state index contributed by atoms with van der Waals surface area (Å²) in [4.78, 5) is 24.3. The average Bonchev–Trinajstić information content (AvgIpc) is 3.63. The number of methoxy groups -OCH3 is 1. The van der Waals surface area contributed by atoms with Crippen molar-refractivity contribution in [2.75, 3.05) is 40.8 Å². The quantitative estimate of drug-likeness (QED) is 0.421. The zero-order valence-electron chi connectivity index (χ0n) is 22.4. The molecule has 6 rings (SSSR count). The van der Waals surface area contributed by atoms with E-state index in [1.807, 2.05) is 26.4 Å². The molecular formula is C29H36N6O2. The van der Waals surface area contributed by atoms with Gasteiger partial charge in [0.2, 0.25) is 5.91 Å². The van der Waals surface area contributed by atoms with Gasteiger partial charge in [0.15, 0.2) is 11.4 Å². The summed E-state index contributed by atoms with van der Waals surface area (Å²) < 4.78 is 7.40. The van der Waals surface area contributed by atoms with E-state index in [-0.39, 0.29) is 5.91 Å². The van der Waals surface area contributed by atoms with Gasteiger partial charge in [-0.1, -0.05) is 19.9 Å². The number of aromatic nitrogens is 4. The van der Waals surface area contributed by atoms with Crippen LogP contribution in [0.2, 0.25) is 0 Å². The highest BCUT2D eigenvalue weighted by Crippen LogP contribution is 2.47. The lowest BCUT2D eigenvalue weighted by atomic mass is 9.91. The maximum Gasteiger partial charge on any atom is 0.236 e. The molecule has 1 aliphatic heterocycles. The Hall–Kier alpha value is -3.39. The molecule has 8 nitrogen and oxygen atoms in total. The topological polar surface area (TPSA) is 78.8 Å². The predicted octanol–water partition coefficient (Wildman–Crippen LogP) is 4.52. The van der Waals surface area contributed by atoms with Gasteiger partial charge < -0.3 is 14.6 Å². The number of H-pyrrole nitrogens is 1. The Balaban J connectivity index is 1.29. The van der Waals surface area contributed by atoms with Crippen molar-refractivity contribution < 1.29 is 9.53 Å². The average molecular weight is 501 g/mol. The van der Waals surface area contributed by atoms with E-state index in [4.69, 9.17) is 4.74 Å². The normalized spacial score (nSPS) is 21.8. The molecule has 194 valence electrons. The van der Waals surface area contributed by atoms with Crippen LogP contribution in [-0.4, -0.2) is 76.1 Å². The van der Waals surface area contributed by atoms with E-state index < -0.39 is 0 Å². The minimum absolute atomic E-state index is 0.201. The molecule has 2 fully saturated rings. The number of pyridine rings is 1. The van der Waals surface area contributed by atoms with Gasteiger partial charge in [0.1, 0.15) is 6.33 Å². The number of benzene rings is 1. The van der Waals surface area contributed by atoms with Crippen LogP contribution in [0.25, 0.3) is 27.8 Å². The number of carbonyl (C=O) groups is 1. The summed E-state index contributed by atoms with van der Waals surface area (Å²) in [6.07, 6.45) is 5.99. The van der Waals surface area contributed by atoms with Gasteiger partial charge in [0.05, 0.1) is 19.3 Å². The molecule has 37 heavy (non-hydrogen) atoms. The number of likely N-dealkylation sites (N-methyl/N-ethyl adjacent to an activating group) is 1. The Bertz CT molecular complexity index is 1450. The van der Waals surface area contributed by atoms with Gasteiger partial charge in [-0.15, -0.1) is 0 Å². The molecule has 0 radical (unpaired) electrons. The second-order valence-electron chi connectivity index (χ2n) is 11.4. The van der Waals surface area contributed by atoms with Gasteiger partial charge >= 0.3 is 0 Å². The Morgan fingerprint density at radius 1 is 1.19 bits per heavy atom. The van der Waals surface area contributed by atoms with Gasteiger partial charge in [-0.2, -0.15) is 5.10 Å². The van der Waals surface area contributed by atoms with Gasteiger partial charge in [0.25, 0.3) is 0 Å². The van der Waals surface area contributed by atoms with Crippen molar-refractivity contribution in [3.05, 3.63) is 47.9 Å². The fourth-order valence-corrected chi connectivity index (χ4v) is 6.63. The summed E-state index contributed by atoms with van der Waals surface area (Å²) in [6, 6.07) is 9.04. The molecule has 2 aliphatic rings. The number of aromatic amines is 1. The third-order valence-electron chi connectivity index (χ3n) is 8.45. The van der Waals surface area contributed by atoms with Crippen molar-refractivity contribution >= 4 is 22.5 Å². The summed E-state index contributed by atoms with van der Waals surface area (Å²) in [6.45, 7) is 7.15. The number of nitrogens with one attached hydrogen (secondary N) is 1. The largest absolute Gasteiger partial charge is 0.493 e. The van der Waals surface area contributed by atoms with E-state index in [0.29, 0.717) is 41.6 Å². The summed E-state index contributed by atoms with van der Waals surface area (Å²) in [5, 5.41) is 5.65. The van der Waals surface area contributed by atoms with Crippen molar-refractivity contribution in [2.45, 2.75) is 38.5 Å². The fourth-order valence-electron chi connectivity index (χ4n) is 6.63. The van der Waals surface area contributed by atoms with E-state index in [9.17, 15) is 4.79 Å². The molecule has 1 aliphatic carbocycles. The zero-order valence-corrected chi connectivity index (χ0v) is 22.4. The number of rotatable bonds is 6. The first kappa shape index (κ1) is 24.0. The van der Waals surface area contributed by atoms with Crippen LogP contribution >= 0.6 is 0 Å². The van der Waals surface area contributed by atoms with E-state index >= 15 is 0 Å². The molecule has 1 amide bonds. The molecule has 3 aromatic heterocycles.